The van der Waals surface area contributed by atoms with E-state index >= 15 is 0 Å². The Bertz CT molecular complexity index is 338. The van der Waals surface area contributed by atoms with Crippen molar-refractivity contribution in [2.75, 3.05) is 41.3 Å². The van der Waals surface area contributed by atoms with E-state index in [-0.39, 0.29) is 0 Å². The second-order valence-corrected chi connectivity index (χ2v) is 5.03. The summed E-state index contributed by atoms with van der Waals surface area (Å²) in [6, 6.07) is 4.15. The van der Waals surface area contributed by atoms with Gasteiger partial charge in [-0.25, -0.2) is 0 Å². The van der Waals surface area contributed by atoms with E-state index in [1.165, 1.54) is 17.7 Å². The highest BCUT2D eigenvalue weighted by Crippen LogP contribution is 2.08. The summed E-state index contributed by atoms with van der Waals surface area (Å²) in [5, 5.41) is 3.19. The topological polar surface area (TPSA) is 31.4 Å². The van der Waals surface area contributed by atoms with Gasteiger partial charge in [-0.3, -0.25) is 4.98 Å². The van der Waals surface area contributed by atoms with E-state index < -0.39 is 0 Å². The van der Waals surface area contributed by atoms with Gasteiger partial charge in [0, 0.05) is 19.3 Å². The second-order valence-electron chi connectivity index (χ2n) is 5.03. The van der Waals surface area contributed by atoms with Gasteiger partial charge in [-0.05, 0) is 59.3 Å². The zero-order valence-corrected chi connectivity index (χ0v) is 12.1. The average Bonchev–Trinajstić information content (AvgIpc) is 2.31. The van der Waals surface area contributed by atoms with Gasteiger partial charge in [0.15, 0.2) is 0 Å². The van der Waals surface area contributed by atoms with Crippen molar-refractivity contribution < 1.29 is 0 Å². The lowest BCUT2D eigenvalue weighted by Gasteiger charge is -2.19. The highest BCUT2D eigenvalue weighted by molar-refractivity contribution is 5.19. The van der Waals surface area contributed by atoms with Crippen LogP contribution in [0.15, 0.2) is 18.3 Å². The highest BCUT2D eigenvalue weighted by Gasteiger charge is 2.06. The smallest absolute Gasteiger partial charge is 0.0588 e. The van der Waals surface area contributed by atoms with Crippen molar-refractivity contribution in [1.29, 1.82) is 0 Å². The summed E-state index contributed by atoms with van der Waals surface area (Å²) in [7, 11) is 8.36. The minimum atomic E-state index is 0.884. The lowest BCUT2D eigenvalue weighted by Crippen LogP contribution is -2.24. The molecule has 18 heavy (non-hydrogen) atoms. The molecule has 1 rings (SSSR count). The van der Waals surface area contributed by atoms with Crippen molar-refractivity contribution in [3.05, 3.63) is 29.6 Å². The maximum absolute atomic E-state index is 4.49. The zero-order chi connectivity index (χ0) is 13.4. The molecule has 4 nitrogen and oxygen atoms in total. The first kappa shape index (κ1) is 15.1. The number of rotatable bonds is 8. The van der Waals surface area contributed by atoms with Crippen LogP contribution in [0.25, 0.3) is 0 Å². The molecule has 0 amide bonds. The van der Waals surface area contributed by atoms with Crippen LogP contribution in [0.1, 0.15) is 17.7 Å². The zero-order valence-electron chi connectivity index (χ0n) is 12.1. The van der Waals surface area contributed by atoms with Gasteiger partial charge in [0.2, 0.25) is 0 Å². The molecule has 0 aliphatic carbocycles. The van der Waals surface area contributed by atoms with Gasteiger partial charge < -0.3 is 15.1 Å². The molecular formula is C14H26N4. The molecule has 0 unspecified atom stereocenters. The van der Waals surface area contributed by atoms with Gasteiger partial charge in [-0.15, -0.1) is 0 Å². The van der Waals surface area contributed by atoms with Crippen LogP contribution in [0.4, 0.5) is 0 Å². The van der Waals surface area contributed by atoms with Gasteiger partial charge in [0.1, 0.15) is 0 Å². The Morgan fingerprint density at radius 3 is 2.67 bits per heavy atom. The predicted molar refractivity (Wildman–Crippen MR) is 76.5 cm³/mol. The van der Waals surface area contributed by atoms with Gasteiger partial charge in [-0.1, -0.05) is 6.07 Å². The monoisotopic (exact) mass is 250 g/mol. The fourth-order valence-electron chi connectivity index (χ4n) is 1.96. The summed E-state index contributed by atoms with van der Waals surface area (Å²) in [6.45, 7) is 4.05. The molecule has 1 aromatic heterocycles. The Kier molecular flexibility index (Phi) is 6.86. The molecule has 0 saturated carbocycles. The summed E-state index contributed by atoms with van der Waals surface area (Å²) < 4.78 is 0. The molecule has 0 atom stereocenters. The molecule has 1 heterocycles. The highest BCUT2D eigenvalue weighted by atomic mass is 15.1. The van der Waals surface area contributed by atoms with Crippen LogP contribution < -0.4 is 5.32 Å². The molecule has 0 spiro atoms. The van der Waals surface area contributed by atoms with Crippen molar-refractivity contribution in [2.24, 2.45) is 0 Å². The van der Waals surface area contributed by atoms with Crippen molar-refractivity contribution in [3.63, 3.8) is 0 Å². The molecule has 1 N–H and O–H groups in total. The average molecular weight is 250 g/mol. The Hall–Kier alpha value is -0.970. The number of nitrogens with one attached hydrogen (secondary N) is 1. The van der Waals surface area contributed by atoms with Crippen LogP contribution >= 0.6 is 0 Å². The maximum Gasteiger partial charge on any atom is 0.0588 e. The van der Waals surface area contributed by atoms with Gasteiger partial charge in [-0.2, -0.15) is 0 Å². The van der Waals surface area contributed by atoms with E-state index in [4.69, 9.17) is 0 Å². The predicted octanol–water partition coefficient (Wildman–Crippen LogP) is 1.18. The Labute approximate surface area is 111 Å². The fraction of sp³-hybridized carbons (Fsp3) is 0.643. The van der Waals surface area contributed by atoms with Crippen molar-refractivity contribution in [3.8, 4) is 0 Å². The lowest BCUT2D eigenvalue weighted by atomic mass is 10.2. The van der Waals surface area contributed by atoms with Crippen LogP contribution in [0.5, 0.6) is 0 Å². The van der Waals surface area contributed by atoms with Crippen molar-refractivity contribution in [1.82, 2.24) is 20.1 Å². The van der Waals surface area contributed by atoms with Crippen LogP contribution in [-0.2, 0) is 13.1 Å². The number of aromatic nitrogens is 1. The van der Waals surface area contributed by atoms with E-state index in [1.807, 2.05) is 19.3 Å². The third-order valence-corrected chi connectivity index (χ3v) is 2.92. The number of pyridine rings is 1. The summed E-state index contributed by atoms with van der Waals surface area (Å²) in [5.41, 5.74) is 2.47. The molecular weight excluding hydrogens is 224 g/mol. The summed E-state index contributed by atoms with van der Waals surface area (Å²) in [4.78, 5) is 9.05. The molecule has 0 fully saturated rings. The lowest BCUT2D eigenvalue weighted by molar-refractivity contribution is 0.291. The minimum Gasteiger partial charge on any atom is -0.316 e. The quantitative estimate of drug-likeness (QED) is 0.751. The van der Waals surface area contributed by atoms with E-state index in [0.29, 0.717) is 0 Å². The Morgan fingerprint density at radius 1 is 1.22 bits per heavy atom. The minimum absolute atomic E-state index is 0.884. The molecule has 0 saturated heterocycles. The second kappa shape index (κ2) is 8.19. The Morgan fingerprint density at radius 2 is 2.00 bits per heavy atom. The molecule has 4 heteroatoms. The number of hydrogen-bond acceptors (Lipinski definition) is 4. The van der Waals surface area contributed by atoms with Crippen molar-refractivity contribution in [2.45, 2.75) is 19.5 Å². The fourth-order valence-corrected chi connectivity index (χ4v) is 1.96. The van der Waals surface area contributed by atoms with Crippen LogP contribution in [0.3, 0.4) is 0 Å². The summed E-state index contributed by atoms with van der Waals surface area (Å²) in [5.74, 6) is 0. The first-order valence-corrected chi connectivity index (χ1v) is 6.54. The van der Waals surface area contributed by atoms with Crippen molar-refractivity contribution >= 4 is 0 Å². The van der Waals surface area contributed by atoms with Crippen LogP contribution in [0, 0.1) is 0 Å². The summed E-state index contributed by atoms with van der Waals surface area (Å²) in [6.07, 6.45) is 3.07. The third-order valence-electron chi connectivity index (χ3n) is 2.92. The number of hydrogen-bond donors (Lipinski definition) is 1. The van der Waals surface area contributed by atoms with Crippen LogP contribution in [0.2, 0.25) is 0 Å². The maximum atomic E-state index is 4.49. The largest absolute Gasteiger partial charge is 0.316 e. The first-order chi connectivity index (χ1) is 8.63. The SMILES string of the molecule is CNCc1cccnc1CN(C)CCCN(C)C. The molecule has 1 aromatic rings. The Balaban J connectivity index is 2.45. The molecule has 0 bridgehead atoms. The van der Waals surface area contributed by atoms with Gasteiger partial charge in [0.05, 0.1) is 5.69 Å². The summed E-state index contributed by atoms with van der Waals surface area (Å²) >= 11 is 0. The first-order valence-electron chi connectivity index (χ1n) is 6.54. The van der Waals surface area contributed by atoms with E-state index in [1.54, 1.807) is 0 Å². The molecule has 0 aliphatic rings. The van der Waals surface area contributed by atoms with E-state index in [0.717, 1.165) is 26.2 Å². The van der Waals surface area contributed by atoms with Gasteiger partial charge >= 0.3 is 0 Å². The number of nitrogens with zero attached hydrogens (tertiary/aromatic N) is 3. The molecule has 0 aliphatic heterocycles. The van der Waals surface area contributed by atoms with Gasteiger partial charge in [0.25, 0.3) is 0 Å². The van der Waals surface area contributed by atoms with E-state index in [2.05, 4.69) is 47.3 Å². The van der Waals surface area contributed by atoms with Crippen LogP contribution in [-0.4, -0.2) is 56.1 Å². The molecule has 0 radical (unpaired) electrons. The molecule has 0 aromatic carbocycles. The standard InChI is InChI=1S/C14H26N4/c1-15-11-13-7-5-8-16-14(13)12-18(4)10-6-9-17(2)3/h5,7-8,15H,6,9-12H2,1-4H3. The van der Waals surface area contributed by atoms with E-state index in [9.17, 15) is 0 Å². The third kappa shape index (κ3) is 5.58. The normalized spacial score (nSPS) is 11.4. The molecule has 102 valence electrons.